The second kappa shape index (κ2) is 6.97. The van der Waals surface area contributed by atoms with E-state index in [-0.39, 0.29) is 41.1 Å². The number of anilines is 1. The summed E-state index contributed by atoms with van der Waals surface area (Å²) in [6, 6.07) is 7.78. The van der Waals surface area contributed by atoms with Gasteiger partial charge < -0.3 is 10.7 Å². The van der Waals surface area contributed by atoms with Gasteiger partial charge in [-0.3, -0.25) is 9.69 Å². The van der Waals surface area contributed by atoms with Gasteiger partial charge in [0.1, 0.15) is 5.82 Å². The fourth-order valence-corrected chi connectivity index (χ4v) is 5.80. The highest BCUT2D eigenvalue weighted by Crippen LogP contribution is 2.55. The number of piperidine rings is 2. The zero-order valence-corrected chi connectivity index (χ0v) is 16.5. The molecule has 4 fully saturated rings. The number of nitrogens with one attached hydrogen (secondary N) is 2. The molecule has 0 radical (unpaired) electrons. The summed E-state index contributed by atoms with van der Waals surface area (Å²) in [6.07, 6.45) is 4.85. The highest BCUT2D eigenvalue weighted by atomic mass is 19.1. The van der Waals surface area contributed by atoms with Crippen LogP contribution in [0.3, 0.4) is 0 Å². The molecular weight excluding hydrogens is 355 g/mol. The van der Waals surface area contributed by atoms with Gasteiger partial charge in [-0.05, 0) is 57.1 Å². The first-order valence-corrected chi connectivity index (χ1v) is 10.1. The molecule has 28 heavy (non-hydrogen) atoms. The Kier molecular flexibility index (Phi) is 4.75. The first kappa shape index (κ1) is 19.1. The third-order valence-corrected chi connectivity index (χ3v) is 7.12. The minimum atomic E-state index is -0.675. The molecule has 1 aromatic carbocycles. The third kappa shape index (κ3) is 3.02. The Morgan fingerprint density at radius 3 is 2.68 bits per heavy atom. The zero-order chi connectivity index (χ0) is 20.1. The van der Waals surface area contributed by atoms with Gasteiger partial charge in [0.2, 0.25) is 0 Å². The van der Waals surface area contributed by atoms with Gasteiger partial charge in [-0.25, -0.2) is 4.39 Å². The lowest BCUT2D eigenvalue weighted by Crippen LogP contribution is -2.62. The third-order valence-electron chi connectivity index (χ3n) is 7.12. The molecule has 148 valence electrons. The summed E-state index contributed by atoms with van der Waals surface area (Å²) in [4.78, 5) is 15.3. The van der Waals surface area contributed by atoms with Crippen molar-refractivity contribution in [2.45, 2.75) is 51.1 Å². The Labute approximate surface area is 165 Å². The lowest BCUT2D eigenvalue weighted by molar-refractivity contribution is -0.131. The summed E-state index contributed by atoms with van der Waals surface area (Å²) >= 11 is 0. The van der Waals surface area contributed by atoms with E-state index in [9.17, 15) is 14.4 Å². The van der Waals surface area contributed by atoms with Crippen LogP contribution in [0.4, 0.5) is 10.1 Å². The molecule has 2 N–H and O–H groups in total. The number of hydrogen-bond acceptors (Lipinski definition) is 5. The second-order valence-electron chi connectivity index (χ2n) is 8.84. The number of benzene rings is 1. The molecule has 5 rings (SSSR count). The summed E-state index contributed by atoms with van der Waals surface area (Å²) in [7, 11) is 1.68. The molecule has 4 aliphatic rings. The molecule has 0 spiro atoms. The van der Waals surface area contributed by atoms with E-state index in [2.05, 4.69) is 16.3 Å². The first-order valence-electron chi connectivity index (χ1n) is 10.1. The van der Waals surface area contributed by atoms with Gasteiger partial charge in [0.15, 0.2) is 5.78 Å². The second-order valence-corrected chi connectivity index (χ2v) is 8.84. The number of hydrogen-bond donors (Lipinski definition) is 2. The molecule has 4 bridgehead atoms. The van der Waals surface area contributed by atoms with Gasteiger partial charge >= 0.3 is 0 Å². The van der Waals surface area contributed by atoms with E-state index in [1.807, 2.05) is 0 Å². The Hall–Kier alpha value is -2.26. The largest absolute Gasteiger partial charge is 0.387 e. The van der Waals surface area contributed by atoms with Crippen molar-refractivity contribution in [2.24, 2.45) is 17.3 Å². The van der Waals surface area contributed by atoms with E-state index in [1.54, 1.807) is 26.1 Å². The molecule has 2 heterocycles. The van der Waals surface area contributed by atoms with Crippen molar-refractivity contribution < 1.29 is 9.18 Å². The van der Waals surface area contributed by atoms with Gasteiger partial charge in [0.05, 0.1) is 35.2 Å². The molecule has 0 aromatic heterocycles. The smallest absolute Gasteiger partial charge is 0.155 e. The monoisotopic (exact) mass is 382 g/mol. The van der Waals surface area contributed by atoms with E-state index < -0.39 is 11.7 Å². The number of rotatable bonds is 6. The summed E-state index contributed by atoms with van der Waals surface area (Å²) in [6.45, 7) is 1.99. The number of nitriles is 1. The molecule has 6 heteroatoms. The number of nitrogens with zero attached hydrogens (tertiary/aromatic N) is 2. The predicted octanol–water partition coefficient (Wildman–Crippen LogP) is 3.60. The molecule has 5 nitrogen and oxygen atoms in total. The Morgan fingerprint density at radius 1 is 1.39 bits per heavy atom. The van der Waals surface area contributed by atoms with Crippen LogP contribution in [0, 0.1) is 39.8 Å². The molecular formula is C22H27FN4O. The SMILES string of the molecule is CNc1cccc(F)c1C(=N)C(C)C(=O)CN1C2CC3CC1CC(C#N)(C3)C2. The molecule has 2 aliphatic heterocycles. The number of Topliss-reactive ketones (excluding diaryl/α,β-unsaturated/α-hetero) is 1. The summed E-state index contributed by atoms with van der Waals surface area (Å²) in [5.41, 5.74) is 0.527. The molecule has 2 aliphatic carbocycles. The maximum atomic E-state index is 14.4. The van der Waals surface area contributed by atoms with Crippen LogP contribution < -0.4 is 5.32 Å². The Balaban J connectivity index is 1.49. The van der Waals surface area contributed by atoms with Gasteiger partial charge in [-0.15, -0.1) is 0 Å². The van der Waals surface area contributed by atoms with Gasteiger partial charge in [0, 0.05) is 24.8 Å². The van der Waals surface area contributed by atoms with Gasteiger partial charge in [-0.1, -0.05) is 6.07 Å². The van der Waals surface area contributed by atoms with E-state index >= 15 is 0 Å². The van der Waals surface area contributed by atoms with Crippen molar-refractivity contribution in [1.29, 1.82) is 10.7 Å². The number of carbonyl (C=O) groups is 1. The average molecular weight is 382 g/mol. The van der Waals surface area contributed by atoms with E-state index in [4.69, 9.17) is 5.41 Å². The van der Waals surface area contributed by atoms with Crippen LogP contribution in [0.5, 0.6) is 0 Å². The first-order chi connectivity index (χ1) is 13.4. The summed E-state index contributed by atoms with van der Waals surface area (Å²) in [5.74, 6) is -0.599. The Morgan fingerprint density at radius 2 is 2.07 bits per heavy atom. The molecule has 1 aromatic rings. The minimum absolute atomic E-state index is 0.0194. The minimum Gasteiger partial charge on any atom is -0.387 e. The molecule has 2 saturated carbocycles. The number of carbonyl (C=O) groups excluding carboxylic acids is 1. The number of ketones is 1. The quantitative estimate of drug-likeness (QED) is 0.737. The molecule has 3 unspecified atom stereocenters. The Bertz CT molecular complexity index is 845. The summed E-state index contributed by atoms with van der Waals surface area (Å²) in [5, 5.41) is 21.0. The van der Waals surface area contributed by atoms with Crippen LogP contribution in [0.15, 0.2) is 18.2 Å². The maximum absolute atomic E-state index is 14.4. The van der Waals surface area contributed by atoms with Crippen molar-refractivity contribution in [3.05, 3.63) is 29.6 Å². The van der Waals surface area contributed by atoms with Crippen LogP contribution in [-0.4, -0.2) is 42.1 Å². The van der Waals surface area contributed by atoms with Crippen LogP contribution in [0.2, 0.25) is 0 Å². The van der Waals surface area contributed by atoms with E-state index in [0.29, 0.717) is 11.6 Å². The van der Waals surface area contributed by atoms with Crippen molar-refractivity contribution >= 4 is 17.2 Å². The van der Waals surface area contributed by atoms with Crippen LogP contribution in [0.25, 0.3) is 0 Å². The lowest BCUT2D eigenvalue weighted by atomic mass is 9.56. The standard InChI is InChI=1S/C22H27FN4O/c1-13(21(25)20-17(23)4-3-5-18(20)26-2)19(28)11-27-15-6-14-7-16(27)10-22(8-14,9-15)12-24/h3-5,13-16,25-26H,6-11H2,1-2H3. The van der Waals surface area contributed by atoms with E-state index in [1.165, 1.54) is 6.07 Å². The van der Waals surface area contributed by atoms with Crippen molar-refractivity contribution in [2.75, 3.05) is 18.9 Å². The highest BCUT2D eigenvalue weighted by molar-refractivity contribution is 6.14. The highest BCUT2D eigenvalue weighted by Gasteiger charge is 2.55. The van der Waals surface area contributed by atoms with Crippen LogP contribution in [0.1, 0.15) is 44.6 Å². The topological polar surface area (TPSA) is 80.0 Å². The zero-order valence-electron chi connectivity index (χ0n) is 16.5. The van der Waals surface area contributed by atoms with Crippen molar-refractivity contribution in [3.8, 4) is 6.07 Å². The normalized spacial score (nSPS) is 32.0. The van der Waals surface area contributed by atoms with Crippen LogP contribution >= 0.6 is 0 Å². The molecule has 2 saturated heterocycles. The maximum Gasteiger partial charge on any atom is 0.155 e. The predicted molar refractivity (Wildman–Crippen MR) is 106 cm³/mol. The molecule has 3 atom stereocenters. The van der Waals surface area contributed by atoms with Gasteiger partial charge in [-0.2, -0.15) is 5.26 Å². The van der Waals surface area contributed by atoms with E-state index in [0.717, 1.165) is 32.1 Å². The number of halogens is 1. The van der Waals surface area contributed by atoms with Gasteiger partial charge in [0.25, 0.3) is 0 Å². The fourth-order valence-electron chi connectivity index (χ4n) is 5.80. The average Bonchev–Trinajstić information content (AvgIpc) is 2.68. The fraction of sp³-hybridized carbons (Fsp3) is 0.591. The molecule has 0 amide bonds. The van der Waals surface area contributed by atoms with Crippen LogP contribution in [-0.2, 0) is 4.79 Å². The lowest BCUT2D eigenvalue weighted by Gasteiger charge is -2.59. The van der Waals surface area contributed by atoms with Crippen molar-refractivity contribution in [1.82, 2.24) is 4.90 Å². The van der Waals surface area contributed by atoms with Crippen molar-refractivity contribution in [3.63, 3.8) is 0 Å². The summed E-state index contributed by atoms with van der Waals surface area (Å²) < 4.78 is 14.4.